The van der Waals surface area contributed by atoms with Crippen LogP contribution in [0.25, 0.3) is 0 Å². The minimum Gasteiger partial charge on any atom is -0.501 e. The Hall–Kier alpha value is -1.78. The van der Waals surface area contributed by atoms with Gasteiger partial charge in [0, 0.05) is 6.07 Å². The summed E-state index contributed by atoms with van der Waals surface area (Å²) in [5, 5.41) is 9.71. The Bertz CT molecular complexity index is 361. The van der Waals surface area contributed by atoms with Crippen molar-refractivity contribution in [1.29, 1.82) is 0 Å². The maximum Gasteiger partial charge on any atom is 0.231 e. The number of rotatable bonds is 2. The molecule has 0 unspecified atom stereocenters. The van der Waals surface area contributed by atoms with Gasteiger partial charge in [-0.1, -0.05) is 0 Å². The minimum absolute atomic E-state index is 0.0964. The van der Waals surface area contributed by atoms with Gasteiger partial charge in [0.05, 0.1) is 14.2 Å². The van der Waals surface area contributed by atoms with E-state index in [1.165, 1.54) is 14.2 Å². The van der Waals surface area contributed by atoms with Crippen molar-refractivity contribution in [3.63, 3.8) is 0 Å². The Kier molecular flexibility index (Phi) is 1.99. The van der Waals surface area contributed by atoms with Crippen LogP contribution >= 0.6 is 0 Å². The Morgan fingerprint density at radius 3 is 2.71 bits per heavy atom. The van der Waals surface area contributed by atoms with Crippen LogP contribution in [0.5, 0.6) is 28.7 Å². The van der Waals surface area contributed by atoms with Gasteiger partial charge in [-0.05, 0) is 0 Å². The van der Waals surface area contributed by atoms with E-state index in [1.807, 2.05) is 0 Å². The molecule has 1 N–H and O–H groups in total. The van der Waals surface area contributed by atoms with Gasteiger partial charge < -0.3 is 24.1 Å². The average molecular weight is 198 g/mol. The number of hydrogen-bond acceptors (Lipinski definition) is 5. The predicted octanol–water partition coefficient (Wildman–Crippen LogP) is 1.14. The second-order valence-corrected chi connectivity index (χ2v) is 2.69. The van der Waals surface area contributed by atoms with Crippen LogP contribution in [0.15, 0.2) is 6.07 Å². The fourth-order valence-corrected chi connectivity index (χ4v) is 1.33. The zero-order valence-corrected chi connectivity index (χ0v) is 7.86. The number of aromatic hydroxyl groups is 1. The van der Waals surface area contributed by atoms with E-state index in [-0.39, 0.29) is 18.3 Å². The van der Waals surface area contributed by atoms with Crippen LogP contribution in [0.4, 0.5) is 0 Å². The molecule has 76 valence electrons. The highest BCUT2D eigenvalue weighted by Crippen LogP contribution is 2.51. The monoisotopic (exact) mass is 198 g/mol. The maximum atomic E-state index is 9.71. The van der Waals surface area contributed by atoms with Crippen molar-refractivity contribution in [3.05, 3.63) is 6.07 Å². The molecule has 0 atom stereocenters. The Balaban J connectivity index is 2.60. The Morgan fingerprint density at radius 1 is 1.29 bits per heavy atom. The van der Waals surface area contributed by atoms with Crippen LogP contribution in [0, 0.1) is 0 Å². The average Bonchev–Trinajstić information content (AvgIpc) is 2.65. The van der Waals surface area contributed by atoms with Crippen LogP contribution in [0.3, 0.4) is 0 Å². The minimum atomic E-state index is -0.0978. The molecule has 1 heterocycles. The van der Waals surface area contributed by atoms with E-state index < -0.39 is 0 Å². The lowest BCUT2D eigenvalue weighted by Crippen LogP contribution is -1.93. The molecule has 0 bridgehead atoms. The molecule has 0 radical (unpaired) electrons. The van der Waals surface area contributed by atoms with Crippen molar-refractivity contribution in [1.82, 2.24) is 0 Å². The first-order valence-electron chi connectivity index (χ1n) is 4.01. The molecule has 1 aliphatic rings. The van der Waals surface area contributed by atoms with E-state index in [9.17, 15) is 5.11 Å². The summed E-state index contributed by atoms with van der Waals surface area (Å²) < 4.78 is 20.2. The van der Waals surface area contributed by atoms with Gasteiger partial charge in [0.1, 0.15) is 0 Å². The summed E-state index contributed by atoms with van der Waals surface area (Å²) in [6, 6.07) is 1.61. The van der Waals surface area contributed by atoms with Crippen molar-refractivity contribution < 1.29 is 24.1 Å². The number of fused-ring (bicyclic) bond motifs is 1. The quantitative estimate of drug-likeness (QED) is 0.772. The van der Waals surface area contributed by atoms with Crippen LogP contribution in [0.2, 0.25) is 0 Å². The van der Waals surface area contributed by atoms with Crippen molar-refractivity contribution in [2.45, 2.75) is 0 Å². The highest BCUT2D eigenvalue weighted by atomic mass is 16.7. The topological polar surface area (TPSA) is 57.2 Å². The Labute approximate surface area is 80.8 Å². The van der Waals surface area contributed by atoms with Gasteiger partial charge in [-0.2, -0.15) is 0 Å². The summed E-state index contributed by atoms with van der Waals surface area (Å²) in [7, 11) is 2.93. The molecule has 0 amide bonds. The second kappa shape index (κ2) is 3.17. The first-order valence-corrected chi connectivity index (χ1v) is 4.01. The molecule has 0 spiro atoms. The normalized spacial score (nSPS) is 12.7. The van der Waals surface area contributed by atoms with E-state index in [2.05, 4.69) is 0 Å². The first kappa shape index (κ1) is 8.80. The molecule has 1 aromatic carbocycles. The van der Waals surface area contributed by atoms with Crippen LogP contribution in [-0.4, -0.2) is 26.1 Å². The fraction of sp³-hybridized carbons (Fsp3) is 0.333. The third-order valence-electron chi connectivity index (χ3n) is 1.98. The van der Waals surface area contributed by atoms with Crippen molar-refractivity contribution in [2.24, 2.45) is 0 Å². The highest BCUT2D eigenvalue weighted by Gasteiger charge is 2.25. The van der Waals surface area contributed by atoms with Gasteiger partial charge in [-0.3, -0.25) is 0 Å². The van der Waals surface area contributed by atoms with Gasteiger partial charge in [-0.25, -0.2) is 0 Å². The third-order valence-corrected chi connectivity index (χ3v) is 1.98. The highest BCUT2D eigenvalue weighted by molar-refractivity contribution is 5.65. The van der Waals surface area contributed by atoms with Crippen molar-refractivity contribution in [2.75, 3.05) is 21.0 Å². The van der Waals surface area contributed by atoms with Gasteiger partial charge >= 0.3 is 0 Å². The van der Waals surface area contributed by atoms with Crippen molar-refractivity contribution >= 4 is 0 Å². The third kappa shape index (κ3) is 1.09. The molecular weight excluding hydrogens is 188 g/mol. The summed E-state index contributed by atoms with van der Waals surface area (Å²) >= 11 is 0. The molecule has 5 nitrogen and oxygen atoms in total. The first-order chi connectivity index (χ1) is 6.77. The van der Waals surface area contributed by atoms with E-state index in [0.717, 1.165) is 0 Å². The number of phenolic OH excluding ortho intramolecular Hbond substituents is 1. The van der Waals surface area contributed by atoms with Crippen LogP contribution in [0.1, 0.15) is 0 Å². The molecule has 0 aromatic heterocycles. The molecule has 0 saturated carbocycles. The summed E-state index contributed by atoms with van der Waals surface area (Å²) in [6.45, 7) is 0.0964. The number of benzene rings is 1. The smallest absolute Gasteiger partial charge is 0.231 e. The number of hydrogen-bond donors (Lipinski definition) is 1. The zero-order chi connectivity index (χ0) is 10.1. The number of ether oxygens (including phenoxy) is 4. The lowest BCUT2D eigenvalue weighted by Gasteiger charge is -2.10. The molecular formula is C9H10O5. The molecule has 0 saturated heterocycles. The van der Waals surface area contributed by atoms with Crippen LogP contribution < -0.4 is 18.9 Å². The van der Waals surface area contributed by atoms with Gasteiger partial charge in [0.2, 0.25) is 24.0 Å². The molecule has 2 rings (SSSR count). The van der Waals surface area contributed by atoms with E-state index >= 15 is 0 Å². The SMILES string of the molecule is COc1cc2c(c(O)c1OC)OCO2. The Morgan fingerprint density at radius 2 is 2.07 bits per heavy atom. The van der Waals surface area contributed by atoms with E-state index in [4.69, 9.17) is 18.9 Å². The molecule has 0 fully saturated rings. The summed E-state index contributed by atoms with van der Waals surface area (Å²) in [6.07, 6.45) is 0. The lowest BCUT2D eigenvalue weighted by molar-refractivity contribution is 0.171. The summed E-state index contributed by atoms with van der Waals surface area (Å²) in [5.74, 6) is 1.31. The van der Waals surface area contributed by atoms with Gasteiger partial charge in [0.15, 0.2) is 11.5 Å². The predicted molar refractivity (Wildman–Crippen MR) is 47.3 cm³/mol. The van der Waals surface area contributed by atoms with Crippen molar-refractivity contribution in [3.8, 4) is 28.7 Å². The largest absolute Gasteiger partial charge is 0.501 e. The van der Waals surface area contributed by atoms with Crippen LogP contribution in [-0.2, 0) is 0 Å². The molecule has 14 heavy (non-hydrogen) atoms. The maximum absolute atomic E-state index is 9.71. The molecule has 0 aliphatic carbocycles. The van der Waals surface area contributed by atoms with E-state index in [1.54, 1.807) is 6.07 Å². The number of methoxy groups -OCH3 is 2. The molecule has 1 aliphatic heterocycles. The van der Waals surface area contributed by atoms with E-state index in [0.29, 0.717) is 17.2 Å². The standard InChI is InChI=1S/C9H10O5/c1-11-5-3-6-9(14-4-13-6)7(10)8(5)12-2/h3,10H,4H2,1-2H3. The summed E-state index contributed by atoms with van der Waals surface area (Å²) in [5.41, 5.74) is 0. The number of phenols is 1. The molecule has 1 aromatic rings. The fourth-order valence-electron chi connectivity index (χ4n) is 1.33. The van der Waals surface area contributed by atoms with Gasteiger partial charge in [-0.15, -0.1) is 0 Å². The second-order valence-electron chi connectivity index (χ2n) is 2.69. The molecule has 5 heteroatoms. The lowest BCUT2D eigenvalue weighted by atomic mass is 10.2. The summed E-state index contributed by atoms with van der Waals surface area (Å²) in [4.78, 5) is 0. The zero-order valence-electron chi connectivity index (χ0n) is 7.86. The van der Waals surface area contributed by atoms with Gasteiger partial charge in [0.25, 0.3) is 0 Å².